The van der Waals surface area contributed by atoms with Gasteiger partial charge in [-0.15, -0.1) is 0 Å². The molecule has 3 aromatic carbocycles. The number of nitrogens with one attached hydrogen (secondary N) is 2. The molecule has 0 aliphatic carbocycles. The highest BCUT2D eigenvalue weighted by molar-refractivity contribution is 6.01. The van der Waals surface area contributed by atoms with Crippen LogP contribution in [0.25, 0.3) is 0 Å². The van der Waals surface area contributed by atoms with E-state index in [1.54, 1.807) is 18.2 Å². The van der Waals surface area contributed by atoms with Crippen LogP contribution in [0.2, 0.25) is 0 Å². The van der Waals surface area contributed by atoms with Crippen molar-refractivity contribution in [3.8, 4) is 0 Å². The van der Waals surface area contributed by atoms with Crippen molar-refractivity contribution in [2.75, 3.05) is 23.3 Å². The van der Waals surface area contributed by atoms with E-state index in [4.69, 9.17) is 0 Å². The van der Waals surface area contributed by atoms with E-state index >= 15 is 0 Å². The SMILES string of the molecule is Cc1cccc(NC(=O)N(CCCNC(=O)c2ccc(F)cc2)c2cccc(C(F)(F)F)c2)c1. The number of anilines is 2. The Morgan fingerprint density at radius 3 is 2.32 bits per heavy atom. The van der Waals surface area contributed by atoms with E-state index in [0.717, 1.165) is 17.7 Å². The lowest BCUT2D eigenvalue weighted by atomic mass is 10.1. The molecule has 2 N–H and O–H groups in total. The quantitative estimate of drug-likeness (QED) is 0.326. The van der Waals surface area contributed by atoms with E-state index in [0.29, 0.717) is 5.69 Å². The number of rotatable bonds is 7. The van der Waals surface area contributed by atoms with Gasteiger partial charge in [0.1, 0.15) is 5.82 Å². The number of aryl methyl sites for hydroxylation is 1. The highest BCUT2D eigenvalue weighted by Gasteiger charge is 2.31. The fourth-order valence-corrected chi connectivity index (χ4v) is 3.25. The van der Waals surface area contributed by atoms with E-state index in [2.05, 4.69) is 10.6 Å². The smallest absolute Gasteiger partial charge is 0.352 e. The first kappa shape index (κ1) is 24.8. The molecular weight excluding hydrogens is 450 g/mol. The molecule has 0 aliphatic heterocycles. The van der Waals surface area contributed by atoms with Crippen LogP contribution in [-0.4, -0.2) is 25.0 Å². The highest BCUT2D eigenvalue weighted by Crippen LogP contribution is 2.32. The van der Waals surface area contributed by atoms with E-state index in [-0.39, 0.29) is 30.8 Å². The number of alkyl halides is 3. The molecule has 34 heavy (non-hydrogen) atoms. The predicted octanol–water partition coefficient (Wildman–Crippen LogP) is 6.01. The van der Waals surface area contributed by atoms with Crippen LogP contribution in [0, 0.1) is 12.7 Å². The van der Waals surface area contributed by atoms with E-state index in [1.807, 2.05) is 13.0 Å². The minimum atomic E-state index is -4.56. The number of hydrogen-bond acceptors (Lipinski definition) is 2. The van der Waals surface area contributed by atoms with Gasteiger partial charge in [0.2, 0.25) is 0 Å². The van der Waals surface area contributed by atoms with Crippen LogP contribution in [0.1, 0.15) is 27.9 Å². The van der Waals surface area contributed by atoms with Gasteiger partial charge in [0.05, 0.1) is 5.56 Å². The number of amides is 3. The molecule has 178 valence electrons. The Balaban J connectivity index is 1.71. The molecule has 0 bridgehead atoms. The second kappa shape index (κ2) is 10.8. The summed E-state index contributed by atoms with van der Waals surface area (Å²) in [5.41, 5.74) is 0.889. The third kappa shape index (κ3) is 6.81. The normalized spacial score (nSPS) is 11.1. The lowest BCUT2D eigenvalue weighted by molar-refractivity contribution is -0.137. The Morgan fingerprint density at radius 1 is 0.941 bits per heavy atom. The molecule has 0 aromatic heterocycles. The highest BCUT2D eigenvalue weighted by atomic mass is 19.4. The van der Waals surface area contributed by atoms with Gasteiger partial charge in [-0.3, -0.25) is 9.69 Å². The standard InChI is InChI=1S/C25H23F4N3O2/c1-17-5-2-7-21(15-17)31-24(34)32(22-8-3-6-19(16-22)25(27,28)29)14-4-13-30-23(33)18-9-11-20(26)12-10-18/h2-3,5-12,15-16H,4,13-14H2,1H3,(H,30,33)(H,31,34). The summed E-state index contributed by atoms with van der Waals surface area (Å²) >= 11 is 0. The van der Waals surface area contributed by atoms with Gasteiger partial charge in [-0.1, -0.05) is 18.2 Å². The fourth-order valence-electron chi connectivity index (χ4n) is 3.25. The molecule has 0 heterocycles. The Hall–Kier alpha value is -3.88. The number of halogens is 4. The van der Waals surface area contributed by atoms with Crippen molar-refractivity contribution in [2.24, 2.45) is 0 Å². The van der Waals surface area contributed by atoms with Crippen molar-refractivity contribution in [3.05, 3.63) is 95.3 Å². The molecule has 0 saturated heterocycles. The molecule has 0 saturated carbocycles. The molecule has 3 aromatic rings. The van der Waals surface area contributed by atoms with Crippen LogP contribution in [0.15, 0.2) is 72.8 Å². The molecule has 3 amide bonds. The van der Waals surface area contributed by atoms with E-state index in [9.17, 15) is 27.2 Å². The maximum atomic E-state index is 13.2. The molecule has 5 nitrogen and oxygen atoms in total. The van der Waals surface area contributed by atoms with Gasteiger partial charge in [-0.2, -0.15) is 13.2 Å². The van der Waals surface area contributed by atoms with Gasteiger partial charge in [0.15, 0.2) is 0 Å². The fraction of sp³-hybridized carbons (Fsp3) is 0.200. The molecule has 0 aliphatic rings. The number of carbonyl (C=O) groups excluding carboxylic acids is 2. The predicted molar refractivity (Wildman–Crippen MR) is 122 cm³/mol. The maximum Gasteiger partial charge on any atom is 0.416 e. The van der Waals surface area contributed by atoms with Crippen molar-refractivity contribution < 1.29 is 27.2 Å². The summed E-state index contributed by atoms with van der Waals surface area (Å²) in [4.78, 5) is 26.4. The number of nitrogens with zero attached hydrogens (tertiary/aromatic N) is 1. The van der Waals surface area contributed by atoms with Gasteiger partial charge < -0.3 is 10.6 Å². The maximum absolute atomic E-state index is 13.2. The number of hydrogen-bond donors (Lipinski definition) is 2. The molecule has 3 rings (SSSR count). The molecule has 0 atom stereocenters. The van der Waals surface area contributed by atoms with Crippen LogP contribution in [0.5, 0.6) is 0 Å². The molecule has 0 fully saturated rings. The zero-order valence-electron chi connectivity index (χ0n) is 18.3. The molecule has 0 spiro atoms. The molecule has 9 heteroatoms. The van der Waals surface area contributed by atoms with Crippen LogP contribution < -0.4 is 15.5 Å². The van der Waals surface area contributed by atoms with E-state index < -0.39 is 29.5 Å². The monoisotopic (exact) mass is 473 g/mol. The second-order valence-corrected chi connectivity index (χ2v) is 7.62. The van der Waals surface area contributed by atoms with Gasteiger partial charge in [-0.25, -0.2) is 9.18 Å². The lowest BCUT2D eigenvalue weighted by Crippen LogP contribution is -2.37. The summed E-state index contributed by atoms with van der Waals surface area (Å²) in [7, 11) is 0. The van der Waals surface area contributed by atoms with Crippen molar-refractivity contribution in [2.45, 2.75) is 19.5 Å². The summed E-state index contributed by atoms with van der Waals surface area (Å²) < 4.78 is 52.7. The van der Waals surface area contributed by atoms with Crippen molar-refractivity contribution in [1.82, 2.24) is 5.32 Å². The van der Waals surface area contributed by atoms with Crippen LogP contribution in [0.4, 0.5) is 33.7 Å². The number of urea groups is 1. The zero-order chi connectivity index (χ0) is 24.7. The third-order valence-corrected chi connectivity index (χ3v) is 4.95. The first-order chi connectivity index (χ1) is 16.1. The largest absolute Gasteiger partial charge is 0.416 e. The van der Waals surface area contributed by atoms with Crippen molar-refractivity contribution >= 4 is 23.3 Å². The Labute approximate surface area is 194 Å². The van der Waals surface area contributed by atoms with Crippen LogP contribution >= 0.6 is 0 Å². The Morgan fingerprint density at radius 2 is 1.65 bits per heavy atom. The Kier molecular flexibility index (Phi) is 7.88. The molecule has 0 radical (unpaired) electrons. The zero-order valence-corrected chi connectivity index (χ0v) is 18.3. The van der Waals surface area contributed by atoms with Crippen molar-refractivity contribution in [1.29, 1.82) is 0 Å². The average Bonchev–Trinajstić information content (AvgIpc) is 2.79. The van der Waals surface area contributed by atoms with Crippen molar-refractivity contribution in [3.63, 3.8) is 0 Å². The summed E-state index contributed by atoms with van der Waals surface area (Å²) in [5, 5.41) is 5.36. The third-order valence-electron chi connectivity index (χ3n) is 4.95. The summed E-state index contributed by atoms with van der Waals surface area (Å²) in [6.45, 7) is 2.05. The number of benzene rings is 3. The Bertz CT molecular complexity index is 1150. The first-order valence-corrected chi connectivity index (χ1v) is 10.5. The topological polar surface area (TPSA) is 61.4 Å². The van der Waals surface area contributed by atoms with Gasteiger partial charge >= 0.3 is 12.2 Å². The summed E-state index contributed by atoms with van der Waals surface area (Å²) in [6, 6.07) is 15.9. The van der Waals surface area contributed by atoms with E-state index in [1.165, 1.54) is 41.3 Å². The van der Waals surface area contributed by atoms with Crippen LogP contribution in [-0.2, 0) is 6.18 Å². The molecular formula is C25H23F4N3O2. The average molecular weight is 473 g/mol. The summed E-state index contributed by atoms with van der Waals surface area (Å²) in [5.74, 6) is -0.886. The molecule has 0 unspecified atom stereocenters. The minimum absolute atomic E-state index is 0.0443. The second-order valence-electron chi connectivity index (χ2n) is 7.62. The summed E-state index contributed by atoms with van der Waals surface area (Å²) in [6.07, 6.45) is -4.29. The first-order valence-electron chi connectivity index (χ1n) is 10.5. The van der Waals surface area contributed by atoms with Gasteiger partial charge in [-0.05, 0) is 73.5 Å². The lowest BCUT2D eigenvalue weighted by Gasteiger charge is -2.24. The minimum Gasteiger partial charge on any atom is -0.352 e. The van der Waals surface area contributed by atoms with Gasteiger partial charge in [0, 0.05) is 30.0 Å². The van der Waals surface area contributed by atoms with Crippen LogP contribution in [0.3, 0.4) is 0 Å². The number of carbonyl (C=O) groups is 2. The van der Waals surface area contributed by atoms with Gasteiger partial charge in [0.25, 0.3) is 5.91 Å².